The van der Waals surface area contributed by atoms with Gasteiger partial charge in [-0.1, -0.05) is 0 Å². The van der Waals surface area contributed by atoms with Gasteiger partial charge in [-0.2, -0.15) is 4.98 Å². The molecule has 1 aromatic heterocycles. The highest BCUT2D eigenvalue weighted by atomic mass is 16.5. The molecule has 1 aliphatic rings. The Labute approximate surface area is 90.4 Å². The first kappa shape index (κ1) is 10.7. The molecule has 1 aliphatic heterocycles. The minimum Gasteiger partial charge on any atom is -0.469 e. The van der Waals surface area contributed by atoms with Gasteiger partial charge in [0.15, 0.2) is 0 Å². The molecule has 4 N–H and O–H groups in total. The molecular weight excluding hydrogens is 214 g/mol. The highest BCUT2D eigenvalue weighted by Gasteiger charge is 2.29. The maximum atomic E-state index is 11.5. The lowest BCUT2D eigenvalue weighted by molar-refractivity contribution is -0.0103. The number of ether oxygens (including phenoxy) is 1. The second-order valence-electron chi connectivity index (χ2n) is 3.33. The van der Waals surface area contributed by atoms with Crippen LogP contribution in [0.4, 0.5) is 5.82 Å². The van der Waals surface area contributed by atoms with E-state index < -0.39 is 18.0 Å². The summed E-state index contributed by atoms with van der Waals surface area (Å²) in [5.41, 5.74) is 4.72. The molecule has 16 heavy (non-hydrogen) atoms. The number of aliphatic hydroxyl groups is 2. The number of hydrogen-bond donors (Lipinski definition) is 3. The van der Waals surface area contributed by atoms with Gasteiger partial charge < -0.3 is 20.7 Å². The molecule has 7 nitrogen and oxygen atoms in total. The van der Waals surface area contributed by atoms with E-state index in [-0.39, 0.29) is 18.2 Å². The Morgan fingerprint density at radius 3 is 2.94 bits per heavy atom. The van der Waals surface area contributed by atoms with Gasteiger partial charge in [0.2, 0.25) is 6.23 Å². The van der Waals surface area contributed by atoms with Crippen molar-refractivity contribution < 1.29 is 14.9 Å². The zero-order valence-corrected chi connectivity index (χ0v) is 8.28. The van der Waals surface area contributed by atoms with Crippen LogP contribution in [0.1, 0.15) is 6.23 Å². The van der Waals surface area contributed by atoms with Crippen LogP contribution in [0.2, 0.25) is 0 Å². The Morgan fingerprint density at radius 2 is 2.38 bits per heavy atom. The number of anilines is 1. The van der Waals surface area contributed by atoms with E-state index in [1.807, 2.05) is 0 Å². The molecule has 1 aromatic rings. The number of aromatic nitrogens is 2. The molecule has 0 aliphatic carbocycles. The number of aliphatic hydroxyl groups excluding tert-OH is 2. The molecule has 7 heteroatoms. The number of nitrogens with zero attached hydrogens (tertiary/aromatic N) is 2. The Bertz CT molecular complexity index is 482. The first-order chi connectivity index (χ1) is 7.61. The third-order valence-corrected chi connectivity index (χ3v) is 2.20. The normalized spacial score (nSPS) is 24.0. The van der Waals surface area contributed by atoms with Crippen LogP contribution in [0.25, 0.3) is 0 Å². The lowest BCUT2D eigenvalue weighted by Crippen LogP contribution is -2.32. The summed E-state index contributed by atoms with van der Waals surface area (Å²) in [6.07, 6.45) is 0.827. The minimum atomic E-state index is -0.995. The van der Waals surface area contributed by atoms with Crippen LogP contribution >= 0.6 is 0 Å². The molecule has 0 saturated carbocycles. The zero-order valence-electron chi connectivity index (χ0n) is 8.28. The monoisotopic (exact) mass is 225 g/mol. The fourth-order valence-corrected chi connectivity index (χ4v) is 1.47. The molecule has 86 valence electrons. The number of nitrogens with two attached hydrogens (primary N) is 1. The average Bonchev–Trinajstić information content (AvgIpc) is 2.60. The molecule has 0 saturated heterocycles. The summed E-state index contributed by atoms with van der Waals surface area (Å²) in [4.78, 5) is 15.0. The van der Waals surface area contributed by atoms with Crippen molar-refractivity contribution in [3.63, 3.8) is 0 Å². The van der Waals surface area contributed by atoms with Gasteiger partial charge in [-0.05, 0) is 12.1 Å². The molecule has 0 spiro atoms. The van der Waals surface area contributed by atoms with E-state index in [2.05, 4.69) is 4.98 Å². The third kappa shape index (κ3) is 1.77. The molecule has 0 fully saturated rings. The van der Waals surface area contributed by atoms with E-state index in [0.29, 0.717) is 0 Å². The van der Waals surface area contributed by atoms with Gasteiger partial charge in [-0.25, -0.2) is 4.79 Å². The van der Waals surface area contributed by atoms with E-state index in [0.717, 1.165) is 4.57 Å². The summed E-state index contributed by atoms with van der Waals surface area (Å²) < 4.78 is 6.28. The Morgan fingerprint density at radius 1 is 1.62 bits per heavy atom. The Hall–Kier alpha value is -1.86. The first-order valence-electron chi connectivity index (χ1n) is 4.63. The van der Waals surface area contributed by atoms with E-state index >= 15 is 0 Å². The van der Waals surface area contributed by atoms with Gasteiger partial charge in [0.05, 0.1) is 0 Å². The van der Waals surface area contributed by atoms with Gasteiger partial charge in [0.25, 0.3) is 0 Å². The van der Waals surface area contributed by atoms with Gasteiger partial charge >= 0.3 is 5.69 Å². The maximum absolute atomic E-state index is 11.5. The van der Waals surface area contributed by atoms with Crippen molar-refractivity contribution in [3.05, 3.63) is 34.6 Å². The molecule has 2 rings (SSSR count). The highest BCUT2D eigenvalue weighted by molar-refractivity contribution is 5.23. The minimum absolute atomic E-state index is 0.101. The van der Waals surface area contributed by atoms with E-state index in [4.69, 9.17) is 15.6 Å². The molecule has 0 aromatic carbocycles. The fourth-order valence-electron chi connectivity index (χ4n) is 1.47. The van der Waals surface area contributed by atoms with Crippen LogP contribution < -0.4 is 11.4 Å². The standard InChI is InChI=1S/C9H11N3O4/c10-7-1-2-12(9(15)11-7)8-6(14)3-5(4-13)16-8/h1-3,6,8,13-14H,4H2,(H2,10,11,15)/t6-,8-/m1/s1. The van der Waals surface area contributed by atoms with E-state index in [1.54, 1.807) is 0 Å². The molecule has 0 unspecified atom stereocenters. The van der Waals surface area contributed by atoms with Gasteiger partial charge in [-0.3, -0.25) is 4.57 Å². The maximum Gasteiger partial charge on any atom is 0.352 e. The van der Waals surface area contributed by atoms with Crippen molar-refractivity contribution in [2.45, 2.75) is 12.3 Å². The fraction of sp³-hybridized carbons (Fsp3) is 0.333. The zero-order chi connectivity index (χ0) is 11.7. The van der Waals surface area contributed by atoms with Crippen molar-refractivity contribution >= 4 is 5.82 Å². The second-order valence-corrected chi connectivity index (χ2v) is 3.33. The summed E-state index contributed by atoms with van der Waals surface area (Å²) in [5, 5.41) is 18.4. The Balaban J connectivity index is 2.30. The lowest BCUT2D eigenvalue weighted by atomic mass is 10.3. The largest absolute Gasteiger partial charge is 0.469 e. The number of nitrogen functional groups attached to an aromatic ring is 1. The van der Waals surface area contributed by atoms with Crippen LogP contribution in [0, 0.1) is 0 Å². The first-order valence-corrected chi connectivity index (χ1v) is 4.63. The van der Waals surface area contributed by atoms with Crippen molar-refractivity contribution in [2.24, 2.45) is 0 Å². The van der Waals surface area contributed by atoms with Gasteiger partial charge in [0.1, 0.15) is 24.3 Å². The summed E-state index contributed by atoms with van der Waals surface area (Å²) in [7, 11) is 0. The quantitative estimate of drug-likeness (QED) is 0.570. The molecule has 2 heterocycles. The van der Waals surface area contributed by atoms with E-state index in [9.17, 15) is 9.90 Å². The van der Waals surface area contributed by atoms with Gasteiger partial charge in [-0.15, -0.1) is 0 Å². The van der Waals surface area contributed by atoms with Crippen LogP contribution in [0.3, 0.4) is 0 Å². The lowest BCUT2D eigenvalue weighted by Gasteiger charge is -2.17. The average molecular weight is 225 g/mol. The predicted molar refractivity (Wildman–Crippen MR) is 54.2 cm³/mol. The molecular formula is C9H11N3O4. The molecule has 0 bridgehead atoms. The van der Waals surface area contributed by atoms with Crippen molar-refractivity contribution in [1.82, 2.24) is 9.55 Å². The molecule has 2 atom stereocenters. The second kappa shape index (κ2) is 3.95. The number of rotatable bonds is 2. The van der Waals surface area contributed by atoms with Crippen molar-refractivity contribution in [2.75, 3.05) is 12.3 Å². The third-order valence-electron chi connectivity index (χ3n) is 2.20. The van der Waals surface area contributed by atoms with Crippen LogP contribution in [-0.2, 0) is 4.74 Å². The Kier molecular flexibility index (Phi) is 2.63. The van der Waals surface area contributed by atoms with Crippen LogP contribution in [0.5, 0.6) is 0 Å². The highest BCUT2D eigenvalue weighted by Crippen LogP contribution is 2.24. The van der Waals surface area contributed by atoms with Crippen LogP contribution in [-0.4, -0.2) is 32.5 Å². The molecule has 0 amide bonds. The van der Waals surface area contributed by atoms with E-state index in [1.165, 1.54) is 18.3 Å². The summed E-state index contributed by atoms with van der Waals surface area (Å²) in [5.74, 6) is 0.324. The summed E-state index contributed by atoms with van der Waals surface area (Å²) in [6.45, 7) is -0.329. The van der Waals surface area contributed by atoms with Gasteiger partial charge in [0, 0.05) is 6.20 Å². The SMILES string of the molecule is Nc1ccn([C@@H]2OC(CO)=C[C@H]2O)c(=O)n1. The topological polar surface area (TPSA) is 111 Å². The predicted octanol–water partition coefficient (Wildman–Crippen LogP) is -1.41. The number of hydrogen-bond acceptors (Lipinski definition) is 6. The summed E-state index contributed by atoms with van der Waals surface area (Å²) >= 11 is 0. The summed E-state index contributed by atoms with van der Waals surface area (Å²) in [6, 6.07) is 1.43. The molecule has 0 radical (unpaired) electrons. The van der Waals surface area contributed by atoms with Crippen molar-refractivity contribution in [3.8, 4) is 0 Å². The van der Waals surface area contributed by atoms with Crippen molar-refractivity contribution in [1.29, 1.82) is 0 Å². The smallest absolute Gasteiger partial charge is 0.352 e. The van der Waals surface area contributed by atoms with Crippen LogP contribution in [0.15, 0.2) is 28.9 Å².